The lowest BCUT2D eigenvalue weighted by Crippen LogP contribution is -2.07. The predicted octanol–water partition coefficient (Wildman–Crippen LogP) is 4.37. The van der Waals surface area contributed by atoms with Gasteiger partial charge in [0.2, 0.25) is 0 Å². The summed E-state index contributed by atoms with van der Waals surface area (Å²) in [5, 5.41) is 0. The molecule has 0 saturated heterocycles. The minimum absolute atomic E-state index is 0.181. The molecule has 0 aliphatic carbocycles. The Balaban J connectivity index is 2.63. The van der Waals surface area contributed by atoms with Crippen molar-refractivity contribution in [2.45, 2.75) is 6.18 Å². The monoisotopic (exact) mass is 349 g/mol. The molecule has 2 rings (SSSR count). The van der Waals surface area contributed by atoms with Crippen LogP contribution in [0.2, 0.25) is 0 Å². The highest BCUT2D eigenvalue weighted by Crippen LogP contribution is 2.37. The van der Waals surface area contributed by atoms with E-state index in [2.05, 4.69) is 4.98 Å². The van der Waals surface area contributed by atoms with E-state index in [4.69, 9.17) is 0 Å². The molecule has 17 heavy (non-hydrogen) atoms. The van der Waals surface area contributed by atoms with Crippen LogP contribution in [-0.2, 0) is 6.18 Å². The SMILES string of the molecule is FC(F)(F)c1cc(I)ccc1-c1ccncc1. The fraction of sp³-hybridized carbons (Fsp3) is 0.0833. The average Bonchev–Trinajstić information content (AvgIpc) is 2.29. The molecule has 0 bridgehead atoms. The second kappa shape index (κ2) is 4.64. The second-order valence-electron chi connectivity index (χ2n) is 3.42. The molecule has 88 valence electrons. The second-order valence-corrected chi connectivity index (χ2v) is 4.67. The Morgan fingerprint density at radius 2 is 1.65 bits per heavy atom. The van der Waals surface area contributed by atoms with Crippen LogP contribution in [0, 0.1) is 3.57 Å². The number of benzene rings is 1. The van der Waals surface area contributed by atoms with E-state index in [9.17, 15) is 13.2 Å². The van der Waals surface area contributed by atoms with Gasteiger partial charge in [-0.05, 0) is 58.0 Å². The van der Waals surface area contributed by atoms with Gasteiger partial charge in [0.25, 0.3) is 0 Å². The van der Waals surface area contributed by atoms with Gasteiger partial charge in [-0.3, -0.25) is 4.98 Å². The van der Waals surface area contributed by atoms with Crippen molar-refractivity contribution in [3.63, 3.8) is 0 Å². The molecule has 0 aliphatic heterocycles. The fourth-order valence-electron chi connectivity index (χ4n) is 1.53. The normalized spacial score (nSPS) is 11.5. The summed E-state index contributed by atoms with van der Waals surface area (Å²) in [7, 11) is 0. The van der Waals surface area contributed by atoms with E-state index < -0.39 is 11.7 Å². The molecule has 1 heterocycles. The summed E-state index contributed by atoms with van der Waals surface area (Å²) >= 11 is 1.87. The van der Waals surface area contributed by atoms with Crippen LogP contribution in [0.25, 0.3) is 11.1 Å². The molecule has 0 amide bonds. The van der Waals surface area contributed by atoms with Gasteiger partial charge in [-0.15, -0.1) is 0 Å². The Bertz CT molecular complexity index is 523. The molecule has 1 nitrogen and oxygen atoms in total. The van der Waals surface area contributed by atoms with Crippen molar-refractivity contribution in [3.8, 4) is 11.1 Å². The summed E-state index contributed by atoms with van der Waals surface area (Å²) < 4.78 is 39.2. The van der Waals surface area contributed by atoms with Crippen LogP contribution < -0.4 is 0 Å². The summed E-state index contributed by atoms with van der Waals surface area (Å²) in [6.07, 6.45) is -1.39. The lowest BCUT2D eigenvalue weighted by atomic mass is 10.0. The minimum Gasteiger partial charge on any atom is -0.265 e. The molecule has 1 aromatic heterocycles. The third kappa shape index (κ3) is 2.77. The first-order valence-corrected chi connectivity index (χ1v) is 5.83. The van der Waals surface area contributed by atoms with Crippen molar-refractivity contribution in [2.75, 3.05) is 0 Å². The van der Waals surface area contributed by atoms with Crippen molar-refractivity contribution in [2.24, 2.45) is 0 Å². The number of hydrogen-bond acceptors (Lipinski definition) is 1. The first-order chi connectivity index (χ1) is 7.98. The highest BCUT2D eigenvalue weighted by molar-refractivity contribution is 14.1. The van der Waals surface area contributed by atoms with Crippen LogP contribution in [0.5, 0.6) is 0 Å². The van der Waals surface area contributed by atoms with Crippen LogP contribution in [0.4, 0.5) is 13.2 Å². The van der Waals surface area contributed by atoms with Crippen molar-refractivity contribution in [3.05, 3.63) is 51.9 Å². The molecule has 0 unspecified atom stereocenters. The van der Waals surface area contributed by atoms with Crippen molar-refractivity contribution in [1.82, 2.24) is 4.98 Å². The zero-order valence-electron chi connectivity index (χ0n) is 8.50. The molecular formula is C12H7F3IN. The molecule has 0 N–H and O–H groups in total. The van der Waals surface area contributed by atoms with E-state index >= 15 is 0 Å². The van der Waals surface area contributed by atoms with Gasteiger partial charge in [0.1, 0.15) is 0 Å². The first-order valence-electron chi connectivity index (χ1n) is 4.75. The molecule has 0 aliphatic rings. The highest BCUT2D eigenvalue weighted by atomic mass is 127. The standard InChI is InChI=1S/C12H7F3IN/c13-12(14,15)11-7-9(16)1-2-10(11)8-3-5-17-6-4-8/h1-7H. The maximum atomic E-state index is 12.9. The van der Waals surface area contributed by atoms with Gasteiger partial charge in [-0.25, -0.2) is 0 Å². The number of halogens is 4. The Labute approximate surface area is 110 Å². The molecule has 0 atom stereocenters. The van der Waals surface area contributed by atoms with E-state index in [1.807, 2.05) is 22.6 Å². The van der Waals surface area contributed by atoms with Crippen molar-refractivity contribution < 1.29 is 13.2 Å². The summed E-state index contributed by atoms with van der Waals surface area (Å²) in [6.45, 7) is 0. The Kier molecular flexibility index (Phi) is 3.37. The quantitative estimate of drug-likeness (QED) is 0.697. The third-order valence-corrected chi connectivity index (χ3v) is 2.95. The van der Waals surface area contributed by atoms with Crippen molar-refractivity contribution >= 4 is 22.6 Å². The number of rotatable bonds is 1. The molecule has 5 heteroatoms. The maximum Gasteiger partial charge on any atom is 0.417 e. The molecular weight excluding hydrogens is 342 g/mol. The lowest BCUT2D eigenvalue weighted by Gasteiger charge is -2.13. The Morgan fingerprint density at radius 1 is 1.00 bits per heavy atom. The largest absolute Gasteiger partial charge is 0.417 e. The maximum absolute atomic E-state index is 12.9. The van der Waals surface area contributed by atoms with Crippen LogP contribution in [0.15, 0.2) is 42.7 Å². The molecule has 0 radical (unpaired) electrons. The number of aromatic nitrogens is 1. The van der Waals surface area contributed by atoms with Gasteiger partial charge >= 0.3 is 6.18 Å². The van der Waals surface area contributed by atoms with E-state index in [0.717, 1.165) is 6.07 Å². The first kappa shape index (κ1) is 12.3. The van der Waals surface area contributed by atoms with E-state index in [0.29, 0.717) is 9.13 Å². The van der Waals surface area contributed by atoms with E-state index in [1.54, 1.807) is 18.2 Å². The van der Waals surface area contributed by atoms with Crippen LogP contribution in [0.1, 0.15) is 5.56 Å². The van der Waals surface area contributed by atoms with E-state index in [-0.39, 0.29) is 5.56 Å². The highest BCUT2D eigenvalue weighted by Gasteiger charge is 2.33. The Hall–Kier alpha value is -1.11. The summed E-state index contributed by atoms with van der Waals surface area (Å²) in [5.74, 6) is 0. The van der Waals surface area contributed by atoms with Gasteiger partial charge in [0.05, 0.1) is 5.56 Å². The van der Waals surface area contributed by atoms with Gasteiger partial charge < -0.3 is 0 Å². The summed E-state index contributed by atoms with van der Waals surface area (Å²) in [4.78, 5) is 3.80. The Morgan fingerprint density at radius 3 is 2.24 bits per heavy atom. The number of pyridine rings is 1. The third-order valence-electron chi connectivity index (χ3n) is 2.28. The van der Waals surface area contributed by atoms with Gasteiger partial charge in [-0.2, -0.15) is 13.2 Å². The molecule has 2 aromatic rings. The predicted molar refractivity (Wildman–Crippen MR) is 67.4 cm³/mol. The summed E-state index contributed by atoms with van der Waals surface area (Å²) in [6, 6.07) is 7.43. The van der Waals surface area contributed by atoms with Crippen LogP contribution in [-0.4, -0.2) is 4.98 Å². The summed E-state index contributed by atoms with van der Waals surface area (Å²) in [5.41, 5.74) is 0.0830. The number of alkyl halides is 3. The molecule has 0 saturated carbocycles. The minimum atomic E-state index is -4.35. The fourth-order valence-corrected chi connectivity index (χ4v) is 2.03. The topological polar surface area (TPSA) is 12.9 Å². The number of nitrogens with zero attached hydrogens (tertiary/aromatic N) is 1. The smallest absolute Gasteiger partial charge is 0.265 e. The van der Waals surface area contributed by atoms with Gasteiger partial charge in [0, 0.05) is 16.0 Å². The van der Waals surface area contributed by atoms with Crippen LogP contribution >= 0.6 is 22.6 Å². The molecule has 0 fully saturated rings. The molecule has 1 aromatic carbocycles. The zero-order valence-corrected chi connectivity index (χ0v) is 10.7. The zero-order chi connectivity index (χ0) is 12.5. The van der Waals surface area contributed by atoms with Crippen molar-refractivity contribution in [1.29, 1.82) is 0 Å². The van der Waals surface area contributed by atoms with E-state index in [1.165, 1.54) is 18.5 Å². The average molecular weight is 349 g/mol. The lowest BCUT2D eigenvalue weighted by molar-refractivity contribution is -0.137. The van der Waals surface area contributed by atoms with Gasteiger partial charge in [0.15, 0.2) is 0 Å². The number of hydrogen-bond donors (Lipinski definition) is 0. The molecule has 0 spiro atoms. The van der Waals surface area contributed by atoms with Crippen LogP contribution in [0.3, 0.4) is 0 Å². The van der Waals surface area contributed by atoms with Gasteiger partial charge in [-0.1, -0.05) is 6.07 Å².